The van der Waals surface area contributed by atoms with Gasteiger partial charge in [-0.1, -0.05) is 0 Å². The third-order valence-corrected chi connectivity index (χ3v) is 3.28. The molecular weight excluding hydrogens is 230 g/mol. The van der Waals surface area contributed by atoms with E-state index in [0.29, 0.717) is 18.1 Å². The summed E-state index contributed by atoms with van der Waals surface area (Å²) in [5, 5.41) is 0. The van der Waals surface area contributed by atoms with Crippen LogP contribution in [-0.2, 0) is 17.6 Å². The zero-order valence-corrected chi connectivity index (χ0v) is 10.3. The molecule has 18 heavy (non-hydrogen) atoms. The van der Waals surface area contributed by atoms with Crippen LogP contribution < -0.4 is 0 Å². The second-order valence-corrected chi connectivity index (χ2v) is 4.45. The number of carbonyl (C=O) groups is 1. The van der Waals surface area contributed by atoms with Crippen molar-refractivity contribution in [2.75, 3.05) is 6.61 Å². The second-order valence-electron chi connectivity index (χ2n) is 4.45. The number of nitrogens with zero attached hydrogens (tertiary/aromatic N) is 3. The van der Waals surface area contributed by atoms with Crippen LogP contribution in [0.25, 0.3) is 5.78 Å². The minimum absolute atomic E-state index is 0.336. The van der Waals surface area contributed by atoms with Gasteiger partial charge in [0.05, 0.1) is 6.61 Å². The molecule has 0 aliphatic heterocycles. The molecule has 2 aromatic heterocycles. The van der Waals surface area contributed by atoms with Gasteiger partial charge in [-0.25, -0.2) is 14.8 Å². The van der Waals surface area contributed by atoms with Crippen LogP contribution in [0.5, 0.6) is 0 Å². The summed E-state index contributed by atoms with van der Waals surface area (Å²) in [4.78, 5) is 20.2. The Morgan fingerprint density at radius 2 is 2.28 bits per heavy atom. The first-order valence-electron chi connectivity index (χ1n) is 6.32. The number of fused-ring (bicyclic) bond motifs is 3. The van der Waals surface area contributed by atoms with Gasteiger partial charge in [-0.3, -0.25) is 4.40 Å². The zero-order chi connectivity index (χ0) is 12.5. The summed E-state index contributed by atoms with van der Waals surface area (Å²) < 4.78 is 6.89. The average Bonchev–Trinajstić information content (AvgIpc) is 2.83. The van der Waals surface area contributed by atoms with Gasteiger partial charge in [0.1, 0.15) is 0 Å². The maximum atomic E-state index is 11.7. The molecule has 0 atom stereocenters. The molecule has 94 valence electrons. The fraction of sp³-hybridized carbons (Fsp3) is 0.462. The number of ether oxygens (including phenoxy) is 1. The van der Waals surface area contributed by atoms with Crippen molar-refractivity contribution in [3.63, 3.8) is 0 Å². The van der Waals surface area contributed by atoms with Crippen LogP contribution in [0.3, 0.4) is 0 Å². The van der Waals surface area contributed by atoms with Crippen molar-refractivity contribution in [2.24, 2.45) is 0 Å². The normalized spacial score (nSPS) is 14.5. The molecule has 0 saturated carbocycles. The van der Waals surface area contributed by atoms with Gasteiger partial charge >= 0.3 is 5.97 Å². The molecular formula is C13H15N3O2. The summed E-state index contributed by atoms with van der Waals surface area (Å²) in [6.45, 7) is 2.14. The number of hydrogen-bond acceptors (Lipinski definition) is 4. The average molecular weight is 245 g/mol. The Labute approximate surface area is 105 Å². The molecule has 0 aromatic carbocycles. The molecule has 0 saturated heterocycles. The van der Waals surface area contributed by atoms with Crippen molar-refractivity contribution in [1.82, 2.24) is 14.4 Å². The van der Waals surface area contributed by atoms with Crippen LogP contribution >= 0.6 is 0 Å². The highest BCUT2D eigenvalue weighted by Crippen LogP contribution is 2.21. The Morgan fingerprint density at radius 3 is 3.11 bits per heavy atom. The van der Waals surface area contributed by atoms with Crippen LogP contribution in [0, 0.1) is 0 Å². The molecule has 2 heterocycles. The molecule has 3 rings (SSSR count). The number of imidazole rings is 1. The van der Waals surface area contributed by atoms with Gasteiger partial charge < -0.3 is 4.74 Å². The van der Waals surface area contributed by atoms with Crippen molar-refractivity contribution >= 4 is 11.7 Å². The van der Waals surface area contributed by atoms with Gasteiger partial charge in [-0.05, 0) is 38.2 Å². The third kappa shape index (κ3) is 1.75. The Bertz CT molecular complexity index is 604. The first kappa shape index (κ1) is 11.2. The Hall–Kier alpha value is -1.91. The van der Waals surface area contributed by atoms with Gasteiger partial charge in [-0.2, -0.15) is 0 Å². The summed E-state index contributed by atoms with van der Waals surface area (Å²) in [5.41, 5.74) is 2.83. The van der Waals surface area contributed by atoms with Gasteiger partial charge in [0.15, 0.2) is 5.69 Å². The fourth-order valence-corrected chi connectivity index (χ4v) is 2.43. The second kappa shape index (κ2) is 4.40. The van der Waals surface area contributed by atoms with E-state index in [1.54, 1.807) is 13.1 Å². The van der Waals surface area contributed by atoms with E-state index in [1.807, 2.05) is 10.6 Å². The quantitative estimate of drug-likeness (QED) is 0.757. The Kier molecular flexibility index (Phi) is 2.74. The van der Waals surface area contributed by atoms with Crippen molar-refractivity contribution < 1.29 is 9.53 Å². The molecule has 2 aromatic rings. The summed E-state index contributed by atoms with van der Waals surface area (Å²) in [7, 11) is 0. The molecule has 0 unspecified atom stereocenters. The molecule has 0 amide bonds. The first-order valence-corrected chi connectivity index (χ1v) is 6.32. The van der Waals surface area contributed by atoms with Gasteiger partial charge in [0, 0.05) is 18.1 Å². The molecule has 1 aliphatic carbocycles. The monoisotopic (exact) mass is 245 g/mol. The number of rotatable bonds is 2. The maximum Gasteiger partial charge on any atom is 0.358 e. The van der Waals surface area contributed by atoms with E-state index in [0.717, 1.165) is 12.8 Å². The molecule has 1 aliphatic rings. The predicted octanol–water partition coefficient (Wildman–Crippen LogP) is 1.78. The SMILES string of the molecule is CCOC(=O)c1cn2c3c(cnc2n1)CCCC3. The number of esters is 1. The number of aromatic nitrogens is 3. The molecule has 0 spiro atoms. The highest BCUT2D eigenvalue weighted by Gasteiger charge is 2.17. The van der Waals surface area contributed by atoms with Crippen molar-refractivity contribution in [2.45, 2.75) is 32.6 Å². The van der Waals surface area contributed by atoms with E-state index < -0.39 is 0 Å². The third-order valence-electron chi connectivity index (χ3n) is 3.28. The van der Waals surface area contributed by atoms with Gasteiger partial charge in [0.25, 0.3) is 0 Å². The fourth-order valence-electron chi connectivity index (χ4n) is 2.43. The summed E-state index contributed by atoms with van der Waals surface area (Å²) in [5.74, 6) is 0.200. The molecule has 5 nitrogen and oxygen atoms in total. The van der Waals surface area contributed by atoms with Gasteiger partial charge in [0.2, 0.25) is 5.78 Å². The Balaban J connectivity index is 2.09. The lowest BCUT2D eigenvalue weighted by atomic mass is 9.97. The van der Waals surface area contributed by atoms with Crippen molar-refractivity contribution in [1.29, 1.82) is 0 Å². The van der Waals surface area contributed by atoms with Crippen molar-refractivity contribution in [3.8, 4) is 0 Å². The summed E-state index contributed by atoms with van der Waals surface area (Å²) in [6.07, 6.45) is 8.09. The number of aryl methyl sites for hydroxylation is 2. The molecule has 0 bridgehead atoms. The highest BCUT2D eigenvalue weighted by atomic mass is 16.5. The van der Waals surface area contributed by atoms with Crippen molar-refractivity contribution in [3.05, 3.63) is 29.3 Å². The standard InChI is InChI=1S/C13H15N3O2/c1-2-18-12(17)10-8-16-11-6-4-3-5-9(11)7-14-13(16)15-10/h7-8H,2-6H2,1H3. The first-order chi connectivity index (χ1) is 8.79. The van der Waals surface area contributed by atoms with Crippen LogP contribution in [0.4, 0.5) is 0 Å². The van der Waals surface area contributed by atoms with E-state index >= 15 is 0 Å². The van der Waals surface area contributed by atoms with Crippen LogP contribution in [0.1, 0.15) is 41.5 Å². The summed E-state index contributed by atoms with van der Waals surface area (Å²) in [6, 6.07) is 0. The Morgan fingerprint density at radius 1 is 1.44 bits per heavy atom. The topological polar surface area (TPSA) is 56.5 Å². The molecule has 0 N–H and O–H groups in total. The van der Waals surface area contributed by atoms with Gasteiger partial charge in [-0.15, -0.1) is 0 Å². The lowest BCUT2D eigenvalue weighted by Crippen LogP contribution is -2.09. The minimum Gasteiger partial charge on any atom is -0.461 e. The van der Waals surface area contributed by atoms with Crippen LogP contribution in [-0.4, -0.2) is 26.9 Å². The lowest BCUT2D eigenvalue weighted by Gasteiger charge is -2.15. The summed E-state index contributed by atoms with van der Waals surface area (Å²) >= 11 is 0. The largest absolute Gasteiger partial charge is 0.461 e. The predicted molar refractivity (Wildman–Crippen MR) is 65.6 cm³/mol. The highest BCUT2D eigenvalue weighted by molar-refractivity contribution is 5.87. The van der Waals surface area contributed by atoms with E-state index in [1.165, 1.54) is 24.1 Å². The molecule has 5 heteroatoms. The van der Waals surface area contributed by atoms with E-state index in [9.17, 15) is 4.79 Å². The minimum atomic E-state index is -0.382. The maximum absolute atomic E-state index is 11.7. The lowest BCUT2D eigenvalue weighted by molar-refractivity contribution is 0.0520. The van der Waals surface area contributed by atoms with E-state index in [-0.39, 0.29) is 5.97 Å². The zero-order valence-electron chi connectivity index (χ0n) is 10.3. The molecule has 0 fully saturated rings. The smallest absolute Gasteiger partial charge is 0.358 e. The van der Waals surface area contributed by atoms with Crippen LogP contribution in [0.15, 0.2) is 12.4 Å². The van der Waals surface area contributed by atoms with E-state index in [4.69, 9.17) is 4.74 Å². The van der Waals surface area contributed by atoms with E-state index in [2.05, 4.69) is 9.97 Å². The number of hydrogen-bond donors (Lipinski definition) is 0. The number of carbonyl (C=O) groups excluding carboxylic acids is 1. The molecule has 0 radical (unpaired) electrons. The van der Waals surface area contributed by atoms with Crippen LogP contribution in [0.2, 0.25) is 0 Å².